The van der Waals surface area contributed by atoms with Crippen LogP contribution in [0.25, 0.3) is 0 Å². The van der Waals surface area contributed by atoms with Crippen LogP contribution in [0.15, 0.2) is 18.2 Å². The summed E-state index contributed by atoms with van der Waals surface area (Å²) in [7, 11) is 0. The predicted molar refractivity (Wildman–Crippen MR) is 79.3 cm³/mol. The van der Waals surface area contributed by atoms with E-state index in [1.807, 2.05) is 0 Å². The molecular weight excluding hydrogens is 325 g/mol. The number of amides is 1. The zero-order valence-electron chi connectivity index (χ0n) is 11.0. The standard InChI is InChI=1S/C13H15ClF2N2O2.ClH/c14-9-6-7(4-5-11(9)20-13(15)16)18-12(19)8-2-1-3-10(8)17;/h4-6,8,10,13H,1-3,17H2,(H,18,19);1H. The summed E-state index contributed by atoms with van der Waals surface area (Å²) in [6, 6.07) is 3.99. The van der Waals surface area contributed by atoms with Crippen LogP contribution < -0.4 is 15.8 Å². The monoisotopic (exact) mass is 340 g/mol. The topological polar surface area (TPSA) is 64.4 Å². The Morgan fingerprint density at radius 2 is 2.14 bits per heavy atom. The van der Waals surface area contributed by atoms with Crippen molar-refractivity contribution in [3.05, 3.63) is 23.2 Å². The Balaban J connectivity index is 0.00000220. The number of anilines is 1. The van der Waals surface area contributed by atoms with Crippen molar-refractivity contribution in [2.75, 3.05) is 5.32 Å². The molecule has 4 nitrogen and oxygen atoms in total. The molecule has 0 heterocycles. The minimum Gasteiger partial charge on any atom is -0.433 e. The maximum atomic E-state index is 12.1. The molecule has 2 rings (SSSR count). The van der Waals surface area contributed by atoms with E-state index in [9.17, 15) is 13.6 Å². The number of carbonyl (C=O) groups is 1. The second-order valence-electron chi connectivity index (χ2n) is 4.71. The maximum Gasteiger partial charge on any atom is 0.387 e. The van der Waals surface area contributed by atoms with Crippen LogP contribution in [0, 0.1) is 5.92 Å². The van der Waals surface area contributed by atoms with Crippen LogP contribution >= 0.6 is 24.0 Å². The lowest BCUT2D eigenvalue weighted by Gasteiger charge is -2.15. The number of nitrogens with two attached hydrogens (primary N) is 1. The van der Waals surface area contributed by atoms with E-state index in [0.717, 1.165) is 19.3 Å². The van der Waals surface area contributed by atoms with E-state index in [-0.39, 0.29) is 41.0 Å². The van der Waals surface area contributed by atoms with Crippen LogP contribution in [-0.2, 0) is 4.79 Å². The lowest BCUT2D eigenvalue weighted by atomic mass is 10.0. The van der Waals surface area contributed by atoms with Gasteiger partial charge >= 0.3 is 6.61 Å². The molecule has 1 amide bonds. The largest absolute Gasteiger partial charge is 0.433 e. The molecule has 2 unspecified atom stereocenters. The van der Waals surface area contributed by atoms with Gasteiger partial charge < -0.3 is 15.8 Å². The molecule has 0 aliphatic heterocycles. The van der Waals surface area contributed by atoms with Gasteiger partial charge in [-0.15, -0.1) is 12.4 Å². The Labute approximate surface area is 132 Å². The summed E-state index contributed by atoms with van der Waals surface area (Å²) in [6.07, 6.45) is 2.52. The Morgan fingerprint density at radius 1 is 1.43 bits per heavy atom. The number of hydrogen-bond acceptors (Lipinski definition) is 3. The smallest absolute Gasteiger partial charge is 0.387 e. The highest BCUT2D eigenvalue weighted by Crippen LogP contribution is 2.30. The molecule has 1 fully saturated rings. The van der Waals surface area contributed by atoms with Gasteiger partial charge in [-0.3, -0.25) is 4.79 Å². The third-order valence-corrected chi connectivity index (χ3v) is 3.62. The molecular formula is C13H16Cl2F2N2O2. The molecule has 2 atom stereocenters. The van der Waals surface area contributed by atoms with Crippen LogP contribution in [0.5, 0.6) is 5.75 Å². The molecule has 3 N–H and O–H groups in total. The van der Waals surface area contributed by atoms with Gasteiger partial charge in [-0.25, -0.2) is 0 Å². The highest BCUT2D eigenvalue weighted by atomic mass is 35.5. The van der Waals surface area contributed by atoms with Gasteiger partial charge in [-0.2, -0.15) is 8.78 Å². The van der Waals surface area contributed by atoms with Gasteiger partial charge in [0.2, 0.25) is 5.91 Å². The maximum absolute atomic E-state index is 12.1. The van der Waals surface area contributed by atoms with Gasteiger partial charge in [-0.05, 0) is 31.0 Å². The highest BCUT2D eigenvalue weighted by Gasteiger charge is 2.30. The van der Waals surface area contributed by atoms with E-state index in [1.165, 1.54) is 18.2 Å². The highest BCUT2D eigenvalue weighted by molar-refractivity contribution is 6.32. The molecule has 0 spiro atoms. The minimum atomic E-state index is -2.94. The average Bonchev–Trinajstić information content (AvgIpc) is 2.78. The first-order chi connectivity index (χ1) is 9.47. The molecule has 1 aliphatic carbocycles. The van der Waals surface area contributed by atoms with Gasteiger partial charge in [0, 0.05) is 11.7 Å². The predicted octanol–water partition coefficient (Wildman–Crippen LogP) is 3.43. The lowest BCUT2D eigenvalue weighted by molar-refractivity contribution is -0.120. The van der Waals surface area contributed by atoms with Gasteiger partial charge in [-0.1, -0.05) is 18.0 Å². The molecule has 0 radical (unpaired) electrons. The Morgan fingerprint density at radius 3 is 2.67 bits per heavy atom. The molecule has 8 heteroatoms. The second kappa shape index (κ2) is 7.77. The van der Waals surface area contributed by atoms with E-state index >= 15 is 0 Å². The van der Waals surface area contributed by atoms with Crippen molar-refractivity contribution in [1.82, 2.24) is 0 Å². The first-order valence-electron chi connectivity index (χ1n) is 6.28. The molecule has 0 aromatic heterocycles. The molecule has 1 saturated carbocycles. The van der Waals surface area contributed by atoms with Crippen molar-refractivity contribution in [2.24, 2.45) is 11.7 Å². The van der Waals surface area contributed by atoms with Crippen LogP contribution in [-0.4, -0.2) is 18.6 Å². The van der Waals surface area contributed by atoms with Gasteiger partial charge in [0.05, 0.1) is 10.9 Å². The van der Waals surface area contributed by atoms with Crippen LogP contribution in [0.1, 0.15) is 19.3 Å². The van der Waals surface area contributed by atoms with Crippen molar-refractivity contribution in [3.63, 3.8) is 0 Å². The fraction of sp³-hybridized carbons (Fsp3) is 0.462. The number of halogens is 4. The summed E-state index contributed by atoms with van der Waals surface area (Å²) >= 11 is 5.81. The summed E-state index contributed by atoms with van der Waals surface area (Å²) in [5.41, 5.74) is 6.28. The van der Waals surface area contributed by atoms with E-state index in [0.29, 0.717) is 5.69 Å². The van der Waals surface area contributed by atoms with Gasteiger partial charge in [0.15, 0.2) is 0 Å². The van der Waals surface area contributed by atoms with Crippen molar-refractivity contribution < 1.29 is 18.3 Å². The number of carbonyl (C=O) groups excluding carboxylic acids is 1. The Kier molecular flexibility index (Phi) is 6.64. The fourth-order valence-electron chi connectivity index (χ4n) is 2.32. The average molecular weight is 341 g/mol. The lowest BCUT2D eigenvalue weighted by Crippen LogP contribution is -2.34. The van der Waals surface area contributed by atoms with Gasteiger partial charge in [0.25, 0.3) is 0 Å². The first-order valence-corrected chi connectivity index (χ1v) is 6.66. The van der Waals surface area contributed by atoms with Crippen LogP contribution in [0.3, 0.4) is 0 Å². The normalized spacial score (nSPS) is 21.0. The number of alkyl halides is 2. The molecule has 118 valence electrons. The minimum absolute atomic E-state index is 0. The summed E-state index contributed by atoms with van der Waals surface area (Å²) in [5, 5.41) is 2.70. The first kappa shape index (κ1) is 17.9. The number of ether oxygens (including phenoxy) is 1. The van der Waals surface area contributed by atoms with Crippen molar-refractivity contribution in [1.29, 1.82) is 0 Å². The van der Waals surface area contributed by atoms with E-state index in [1.54, 1.807) is 0 Å². The number of rotatable bonds is 4. The van der Waals surface area contributed by atoms with E-state index in [4.69, 9.17) is 17.3 Å². The number of nitrogens with one attached hydrogen (secondary N) is 1. The summed E-state index contributed by atoms with van der Waals surface area (Å²) in [4.78, 5) is 12.0. The van der Waals surface area contributed by atoms with Crippen LogP contribution in [0.2, 0.25) is 5.02 Å². The quantitative estimate of drug-likeness (QED) is 0.882. The third kappa shape index (κ3) is 4.69. The SMILES string of the molecule is Cl.NC1CCCC1C(=O)Nc1ccc(OC(F)F)c(Cl)c1. The van der Waals surface area contributed by atoms with E-state index < -0.39 is 6.61 Å². The zero-order chi connectivity index (χ0) is 14.7. The fourth-order valence-corrected chi connectivity index (χ4v) is 2.54. The van der Waals surface area contributed by atoms with Gasteiger partial charge in [0.1, 0.15) is 5.75 Å². The van der Waals surface area contributed by atoms with Crippen molar-refractivity contribution in [3.8, 4) is 5.75 Å². The Bertz CT molecular complexity index is 503. The molecule has 1 aliphatic rings. The third-order valence-electron chi connectivity index (χ3n) is 3.32. The number of hydrogen-bond donors (Lipinski definition) is 2. The number of benzene rings is 1. The molecule has 21 heavy (non-hydrogen) atoms. The summed E-state index contributed by atoms with van der Waals surface area (Å²) in [6.45, 7) is -2.94. The second-order valence-corrected chi connectivity index (χ2v) is 5.12. The molecule has 1 aromatic carbocycles. The van der Waals surface area contributed by atoms with E-state index in [2.05, 4.69) is 10.1 Å². The zero-order valence-corrected chi connectivity index (χ0v) is 12.6. The molecule has 1 aromatic rings. The Hall–Kier alpha value is -1.11. The van der Waals surface area contributed by atoms with Crippen molar-refractivity contribution in [2.45, 2.75) is 31.9 Å². The van der Waals surface area contributed by atoms with Crippen LogP contribution in [0.4, 0.5) is 14.5 Å². The van der Waals surface area contributed by atoms with Crippen molar-refractivity contribution >= 4 is 35.6 Å². The molecule has 0 saturated heterocycles. The molecule has 0 bridgehead atoms. The summed E-state index contributed by atoms with van der Waals surface area (Å²) < 4.78 is 28.4. The summed E-state index contributed by atoms with van der Waals surface area (Å²) in [5.74, 6) is -0.517.